The monoisotopic (exact) mass is 284 g/mol. The van der Waals surface area contributed by atoms with E-state index >= 15 is 0 Å². The molecule has 6 heteroatoms. The Morgan fingerprint density at radius 2 is 1.95 bits per heavy atom. The maximum absolute atomic E-state index is 8.98. The van der Waals surface area contributed by atoms with E-state index in [4.69, 9.17) is 22.4 Å². The maximum Gasteiger partial charge on any atom is 0.123 e. The highest BCUT2D eigenvalue weighted by atomic mass is 35.5. The molecule has 2 rings (SSSR count). The van der Waals surface area contributed by atoms with E-state index in [-0.39, 0.29) is 6.61 Å². The number of aliphatic hydroxyl groups is 1. The molecule has 1 aliphatic rings. The molecule has 2 heterocycles. The molecule has 0 amide bonds. The van der Waals surface area contributed by atoms with Crippen molar-refractivity contribution in [2.75, 3.05) is 45.1 Å². The highest BCUT2D eigenvalue weighted by Crippen LogP contribution is 2.18. The predicted octanol–water partition coefficient (Wildman–Crippen LogP) is 0.817. The summed E-state index contributed by atoms with van der Waals surface area (Å²) in [4.78, 5) is 8.93. The molecule has 1 fully saturated rings. The van der Waals surface area contributed by atoms with E-state index in [1.807, 2.05) is 0 Å². The first-order valence-electron chi connectivity index (χ1n) is 6.65. The van der Waals surface area contributed by atoms with Gasteiger partial charge >= 0.3 is 0 Å². The number of nitrogen functional groups attached to an aromatic ring is 1. The zero-order valence-corrected chi connectivity index (χ0v) is 11.8. The summed E-state index contributed by atoms with van der Waals surface area (Å²) in [6, 6.07) is 3.52. The number of aromatic nitrogens is 1. The van der Waals surface area contributed by atoms with Crippen LogP contribution in [0.4, 0.5) is 5.82 Å². The number of aliphatic hydroxyl groups excluding tert-OH is 1. The van der Waals surface area contributed by atoms with Crippen LogP contribution in [0.5, 0.6) is 0 Å². The quantitative estimate of drug-likeness (QED) is 0.857. The van der Waals surface area contributed by atoms with Crippen molar-refractivity contribution in [3.05, 3.63) is 22.8 Å². The normalized spacial score (nSPS) is 18.4. The lowest BCUT2D eigenvalue weighted by Gasteiger charge is -2.21. The van der Waals surface area contributed by atoms with Crippen LogP contribution in [0.15, 0.2) is 12.1 Å². The van der Waals surface area contributed by atoms with E-state index in [1.165, 1.54) is 0 Å². The van der Waals surface area contributed by atoms with Gasteiger partial charge in [-0.05, 0) is 31.6 Å². The number of β-amino-alcohol motifs (C(OH)–C–C–N with tert-alkyl or cyclic N) is 1. The number of nitrogens with two attached hydrogens (primary N) is 1. The molecule has 0 atom stereocenters. The van der Waals surface area contributed by atoms with Gasteiger partial charge < -0.3 is 10.8 Å². The molecule has 106 valence electrons. The SMILES string of the molecule is Nc1ccc(Cl)c(CN2CCCN(CCO)CC2)n1. The van der Waals surface area contributed by atoms with Crippen molar-refractivity contribution in [1.29, 1.82) is 0 Å². The van der Waals surface area contributed by atoms with Gasteiger partial charge in [-0.1, -0.05) is 11.6 Å². The third-order valence-electron chi connectivity index (χ3n) is 3.41. The number of nitrogens with zero attached hydrogens (tertiary/aromatic N) is 3. The number of rotatable bonds is 4. The first-order chi connectivity index (χ1) is 9.19. The van der Waals surface area contributed by atoms with Gasteiger partial charge in [0.25, 0.3) is 0 Å². The maximum atomic E-state index is 8.98. The van der Waals surface area contributed by atoms with Gasteiger partial charge in [-0.15, -0.1) is 0 Å². The Kier molecular flexibility index (Phi) is 5.39. The number of pyridine rings is 1. The molecule has 1 aromatic rings. The minimum Gasteiger partial charge on any atom is -0.395 e. The molecule has 0 radical (unpaired) electrons. The summed E-state index contributed by atoms with van der Waals surface area (Å²) in [5.74, 6) is 0.510. The summed E-state index contributed by atoms with van der Waals surface area (Å²) in [7, 11) is 0. The lowest BCUT2D eigenvalue weighted by atomic mass is 10.3. The lowest BCUT2D eigenvalue weighted by molar-refractivity contribution is 0.195. The largest absolute Gasteiger partial charge is 0.395 e. The summed E-state index contributed by atoms with van der Waals surface area (Å²) in [5, 5.41) is 9.65. The summed E-state index contributed by atoms with van der Waals surface area (Å²) >= 11 is 6.15. The minimum atomic E-state index is 0.225. The fourth-order valence-corrected chi connectivity index (χ4v) is 2.54. The predicted molar refractivity (Wildman–Crippen MR) is 77.1 cm³/mol. The Hall–Kier alpha value is -0.880. The van der Waals surface area contributed by atoms with Gasteiger partial charge in [-0.3, -0.25) is 9.80 Å². The van der Waals surface area contributed by atoms with Gasteiger partial charge in [-0.25, -0.2) is 4.98 Å². The third kappa shape index (κ3) is 4.31. The van der Waals surface area contributed by atoms with E-state index in [1.54, 1.807) is 12.1 Å². The van der Waals surface area contributed by atoms with Crippen molar-refractivity contribution >= 4 is 17.4 Å². The van der Waals surface area contributed by atoms with Crippen LogP contribution in [0.3, 0.4) is 0 Å². The van der Waals surface area contributed by atoms with E-state index in [9.17, 15) is 0 Å². The second kappa shape index (κ2) is 7.05. The number of halogens is 1. The smallest absolute Gasteiger partial charge is 0.123 e. The van der Waals surface area contributed by atoms with E-state index in [0.717, 1.165) is 51.4 Å². The van der Waals surface area contributed by atoms with Crippen molar-refractivity contribution in [3.63, 3.8) is 0 Å². The van der Waals surface area contributed by atoms with Crippen LogP contribution in [-0.4, -0.2) is 59.2 Å². The van der Waals surface area contributed by atoms with Crippen LogP contribution in [0.1, 0.15) is 12.1 Å². The fourth-order valence-electron chi connectivity index (χ4n) is 2.37. The zero-order valence-electron chi connectivity index (χ0n) is 11.1. The van der Waals surface area contributed by atoms with Crippen LogP contribution in [0, 0.1) is 0 Å². The number of hydrogen-bond acceptors (Lipinski definition) is 5. The molecule has 3 N–H and O–H groups in total. The first kappa shape index (κ1) is 14.5. The molecule has 1 aromatic heterocycles. The van der Waals surface area contributed by atoms with Crippen molar-refractivity contribution in [1.82, 2.24) is 14.8 Å². The minimum absolute atomic E-state index is 0.225. The topological polar surface area (TPSA) is 65.6 Å². The fraction of sp³-hybridized carbons (Fsp3) is 0.615. The van der Waals surface area contributed by atoms with E-state index < -0.39 is 0 Å². The average Bonchev–Trinajstić information content (AvgIpc) is 2.60. The average molecular weight is 285 g/mol. The van der Waals surface area contributed by atoms with Crippen LogP contribution in [0.2, 0.25) is 5.02 Å². The molecule has 0 saturated carbocycles. The molecule has 5 nitrogen and oxygen atoms in total. The van der Waals surface area contributed by atoms with Crippen LogP contribution < -0.4 is 5.73 Å². The lowest BCUT2D eigenvalue weighted by Crippen LogP contribution is -2.32. The van der Waals surface area contributed by atoms with Crippen molar-refractivity contribution in [2.45, 2.75) is 13.0 Å². The van der Waals surface area contributed by atoms with Crippen LogP contribution in [-0.2, 0) is 6.54 Å². The Morgan fingerprint density at radius 3 is 2.74 bits per heavy atom. The molecular weight excluding hydrogens is 264 g/mol. The first-order valence-corrected chi connectivity index (χ1v) is 7.03. The Labute approximate surface area is 119 Å². The van der Waals surface area contributed by atoms with Crippen molar-refractivity contribution < 1.29 is 5.11 Å². The van der Waals surface area contributed by atoms with Gasteiger partial charge in [0.15, 0.2) is 0 Å². The second-order valence-electron chi connectivity index (χ2n) is 4.86. The Morgan fingerprint density at radius 1 is 1.21 bits per heavy atom. The highest BCUT2D eigenvalue weighted by molar-refractivity contribution is 6.31. The summed E-state index contributed by atoms with van der Waals surface area (Å²) in [6.45, 7) is 5.71. The van der Waals surface area contributed by atoms with Gasteiger partial charge in [0.2, 0.25) is 0 Å². The Bertz CT molecular complexity index is 416. The molecule has 0 unspecified atom stereocenters. The summed E-state index contributed by atoms with van der Waals surface area (Å²) in [5.41, 5.74) is 6.55. The molecule has 0 bridgehead atoms. The molecule has 0 spiro atoms. The van der Waals surface area contributed by atoms with Crippen LogP contribution >= 0.6 is 11.6 Å². The van der Waals surface area contributed by atoms with E-state index in [2.05, 4.69) is 14.8 Å². The zero-order chi connectivity index (χ0) is 13.7. The highest BCUT2D eigenvalue weighted by Gasteiger charge is 2.16. The van der Waals surface area contributed by atoms with Gasteiger partial charge in [0.05, 0.1) is 17.3 Å². The van der Waals surface area contributed by atoms with E-state index in [0.29, 0.717) is 10.8 Å². The summed E-state index contributed by atoms with van der Waals surface area (Å²) < 4.78 is 0. The second-order valence-corrected chi connectivity index (χ2v) is 5.27. The third-order valence-corrected chi connectivity index (χ3v) is 3.76. The molecule has 1 aliphatic heterocycles. The van der Waals surface area contributed by atoms with Crippen molar-refractivity contribution in [3.8, 4) is 0 Å². The molecule has 1 saturated heterocycles. The Balaban J connectivity index is 1.94. The number of hydrogen-bond donors (Lipinski definition) is 2. The molecular formula is C13H21ClN4O. The molecule has 19 heavy (non-hydrogen) atoms. The van der Waals surface area contributed by atoms with Crippen molar-refractivity contribution in [2.24, 2.45) is 0 Å². The number of anilines is 1. The molecule has 0 aromatic carbocycles. The van der Waals surface area contributed by atoms with Gasteiger partial charge in [-0.2, -0.15) is 0 Å². The van der Waals surface area contributed by atoms with Gasteiger partial charge in [0.1, 0.15) is 5.82 Å². The standard InChI is InChI=1S/C13H21ClN4O/c14-11-2-3-13(15)16-12(11)10-18-5-1-4-17(6-7-18)8-9-19/h2-3,19H,1,4-10H2,(H2,15,16). The van der Waals surface area contributed by atoms with Crippen LogP contribution in [0.25, 0.3) is 0 Å². The molecule has 0 aliphatic carbocycles. The summed E-state index contributed by atoms with van der Waals surface area (Å²) in [6.07, 6.45) is 1.10. The van der Waals surface area contributed by atoms with Gasteiger partial charge in [0, 0.05) is 26.2 Å².